The molecule has 1 spiro atoms. The first-order valence-corrected chi connectivity index (χ1v) is 14.9. The number of Topliss-reactive ketones (excluding diaryl/α,β-unsaturated/α-hetero) is 1. The molecule has 0 aromatic rings. The van der Waals surface area contributed by atoms with Gasteiger partial charge >= 0.3 is 17.9 Å². The van der Waals surface area contributed by atoms with Crippen molar-refractivity contribution in [3.05, 3.63) is 45.6 Å². The summed E-state index contributed by atoms with van der Waals surface area (Å²) < 4.78 is 17.7. The van der Waals surface area contributed by atoms with Gasteiger partial charge in [-0.3, -0.25) is 9.59 Å². The van der Waals surface area contributed by atoms with Crippen molar-refractivity contribution in [3.63, 3.8) is 0 Å². The summed E-state index contributed by atoms with van der Waals surface area (Å²) in [5.41, 5.74) is -2.27. The lowest BCUT2D eigenvalue weighted by Gasteiger charge is -2.63. The molecule has 8 rings (SSSR count). The fraction of sp³-hybridized carbons (Fsp3) is 0.636. The van der Waals surface area contributed by atoms with E-state index in [1.165, 1.54) is 21.0 Å². The van der Waals surface area contributed by atoms with E-state index in [0.717, 1.165) is 12.0 Å². The van der Waals surface area contributed by atoms with Gasteiger partial charge in [0.1, 0.15) is 12.2 Å². The third-order valence-electron chi connectivity index (χ3n) is 13.1. The third kappa shape index (κ3) is 2.48. The van der Waals surface area contributed by atoms with E-state index >= 15 is 0 Å². The van der Waals surface area contributed by atoms with Gasteiger partial charge in [0.05, 0.1) is 12.7 Å². The number of esters is 3. The van der Waals surface area contributed by atoms with Gasteiger partial charge in [-0.2, -0.15) is 0 Å². The van der Waals surface area contributed by atoms with Crippen molar-refractivity contribution >= 4 is 23.7 Å². The van der Waals surface area contributed by atoms with Crippen LogP contribution in [0.4, 0.5) is 0 Å². The minimum absolute atomic E-state index is 0.0274. The smallest absolute Gasteiger partial charge is 0.335 e. The molecule has 0 bridgehead atoms. The molecule has 2 N–H and O–H groups in total. The lowest BCUT2D eigenvalue weighted by atomic mass is 9.43. The van der Waals surface area contributed by atoms with E-state index in [2.05, 4.69) is 13.5 Å². The van der Waals surface area contributed by atoms with E-state index < -0.39 is 63.8 Å². The number of hydrogen-bond donors (Lipinski definition) is 2. The number of hydrogen-bond acceptors (Lipinski definition) is 9. The number of ketones is 1. The van der Waals surface area contributed by atoms with Crippen LogP contribution < -0.4 is 0 Å². The van der Waals surface area contributed by atoms with E-state index in [9.17, 15) is 29.4 Å². The highest BCUT2D eigenvalue weighted by molar-refractivity contribution is 6.12. The van der Waals surface area contributed by atoms with E-state index in [4.69, 9.17) is 14.2 Å². The van der Waals surface area contributed by atoms with Crippen molar-refractivity contribution < 1.29 is 43.6 Å². The topological polar surface area (TPSA) is 136 Å². The second-order valence-electron chi connectivity index (χ2n) is 14.5. The van der Waals surface area contributed by atoms with Gasteiger partial charge < -0.3 is 24.4 Å². The van der Waals surface area contributed by atoms with E-state index in [0.29, 0.717) is 28.7 Å². The zero-order chi connectivity index (χ0) is 30.2. The van der Waals surface area contributed by atoms with Gasteiger partial charge in [-0.05, 0) is 67.8 Å². The molecule has 0 saturated heterocycles. The van der Waals surface area contributed by atoms with Crippen LogP contribution in [0.2, 0.25) is 0 Å². The molecule has 0 unspecified atom stereocenters. The predicted molar refractivity (Wildman–Crippen MR) is 145 cm³/mol. The maximum atomic E-state index is 14.3. The lowest BCUT2D eigenvalue weighted by Crippen LogP contribution is -2.68. The summed E-state index contributed by atoms with van der Waals surface area (Å²) in [6, 6.07) is 0. The second kappa shape index (κ2) is 7.36. The first-order valence-electron chi connectivity index (χ1n) is 14.9. The highest BCUT2D eigenvalue weighted by atomic mass is 16.6. The fourth-order valence-electron chi connectivity index (χ4n) is 11.4. The number of carbonyl (C=O) groups is 4. The molecule has 222 valence electrons. The average molecular weight is 577 g/mol. The number of fused-ring (bicyclic) bond motifs is 7. The summed E-state index contributed by atoms with van der Waals surface area (Å²) >= 11 is 0. The van der Waals surface area contributed by atoms with Crippen LogP contribution in [0.5, 0.6) is 0 Å². The van der Waals surface area contributed by atoms with Crippen molar-refractivity contribution in [2.75, 3.05) is 7.11 Å². The normalized spacial score (nSPS) is 51.6. The fourth-order valence-corrected chi connectivity index (χ4v) is 11.4. The SMILES string of the molecule is C=C1[C@H]2C[C@H]2[C@]2(C)[C@@H]3C[C@@]4(O)C5=C(/C(=C(\C)C(=O)OC)C(=O)[C@H](O)[C@@]5(C)[C@@H]5C[C@@H]54)[C@@]34OC(=O)C(C)=C4[C@H](OC(C)=O)[C@H]12. The lowest BCUT2D eigenvalue weighted by molar-refractivity contribution is -0.183. The van der Waals surface area contributed by atoms with E-state index in [1.807, 2.05) is 6.92 Å². The predicted octanol–water partition coefficient (Wildman–Crippen LogP) is 2.51. The first kappa shape index (κ1) is 26.6. The van der Waals surface area contributed by atoms with E-state index in [1.54, 1.807) is 6.92 Å². The summed E-state index contributed by atoms with van der Waals surface area (Å²) in [5, 5.41) is 24.5. The minimum atomic E-state index is -1.58. The molecule has 9 heteroatoms. The second-order valence-corrected chi connectivity index (χ2v) is 14.5. The first-order chi connectivity index (χ1) is 19.6. The summed E-state index contributed by atoms with van der Waals surface area (Å²) in [6.07, 6.45) is -0.553. The third-order valence-corrected chi connectivity index (χ3v) is 13.1. The number of rotatable bonds is 2. The zero-order valence-corrected chi connectivity index (χ0v) is 24.7. The van der Waals surface area contributed by atoms with Crippen LogP contribution in [0.1, 0.15) is 53.9 Å². The van der Waals surface area contributed by atoms with Gasteiger partial charge in [0.25, 0.3) is 0 Å². The Labute approximate surface area is 243 Å². The Bertz CT molecular complexity index is 1600. The largest absolute Gasteiger partial charge is 0.466 e. The van der Waals surface area contributed by atoms with Crippen molar-refractivity contribution in [1.82, 2.24) is 0 Å². The van der Waals surface area contributed by atoms with Gasteiger partial charge in [-0.25, -0.2) is 9.59 Å². The van der Waals surface area contributed by atoms with Crippen LogP contribution in [0.3, 0.4) is 0 Å². The number of carbonyl (C=O) groups excluding carboxylic acids is 4. The van der Waals surface area contributed by atoms with Crippen molar-refractivity contribution in [2.45, 2.75) is 77.3 Å². The molecular formula is C33H36O9. The highest BCUT2D eigenvalue weighted by Gasteiger charge is 2.85. The van der Waals surface area contributed by atoms with E-state index in [-0.39, 0.29) is 47.2 Å². The molecule has 8 aliphatic rings. The molecule has 1 aliphatic heterocycles. The Morgan fingerprint density at radius 3 is 2.43 bits per heavy atom. The molecule has 12 atom stereocenters. The molecule has 0 aromatic carbocycles. The maximum Gasteiger partial charge on any atom is 0.335 e. The molecule has 5 fully saturated rings. The summed E-state index contributed by atoms with van der Waals surface area (Å²) in [6.45, 7) is 12.9. The summed E-state index contributed by atoms with van der Waals surface area (Å²) in [5.74, 6) is -3.25. The van der Waals surface area contributed by atoms with Crippen LogP contribution in [-0.2, 0) is 33.4 Å². The standard InChI is InChI=1S/C33H36O9/c1-11-15-8-16(15)30(5)19-10-32(39)18-9-17(18)31(6)26(32)23(20(24(35)27(31)36)12(2)28(37)40-7)33(19)22(13(3)29(38)42-33)25(21(11)30)41-14(4)34/h15-19,21,25,27,36,39H,1,8-10H2,2-7H3/b20-12-/t15-,16-,17-,18+,19+,21+,25-,27+,30-,31+,32+,33-/m1/s1. The van der Waals surface area contributed by atoms with Crippen LogP contribution in [0.25, 0.3) is 0 Å². The molecule has 0 radical (unpaired) electrons. The van der Waals surface area contributed by atoms with Crippen LogP contribution in [0, 0.1) is 46.3 Å². The molecule has 0 aromatic heterocycles. The number of aliphatic hydroxyl groups excluding tert-OH is 1. The molecular weight excluding hydrogens is 540 g/mol. The average Bonchev–Trinajstić information content (AvgIpc) is 3.83. The zero-order valence-electron chi connectivity index (χ0n) is 24.7. The van der Waals surface area contributed by atoms with Crippen molar-refractivity contribution in [1.29, 1.82) is 0 Å². The highest BCUT2D eigenvalue weighted by Crippen LogP contribution is 2.83. The van der Waals surface area contributed by atoms with Crippen LogP contribution in [0.15, 0.2) is 45.6 Å². The molecule has 5 saturated carbocycles. The Morgan fingerprint density at radius 2 is 1.79 bits per heavy atom. The molecule has 1 heterocycles. The Hall–Kier alpha value is -3.04. The van der Waals surface area contributed by atoms with Gasteiger partial charge in [0.15, 0.2) is 11.4 Å². The van der Waals surface area contributed by atoms with Crippen LogP contribution in [-0.4, -0.2) is 64.4 Å². The van der Waals surface area contributed by atoms with Gasteiger partial charge in [0.2, 0.25) is 0 Å². The number of methoxy groups -OCH3 is 1. The minimum Gasteiger partial charge on any atom is -0.466 e. The molecule has 7 aliphatic carbocycles. The van der Waals surface area contributed by atoms with Gasteiger partial charge in [-0.1, -0.05) is 26.0 Å². The van der Waals surface area contributed by atoms with Gasteiger partial charge in [0, 0.05) is 52.0 Å². The quantitative estimate of drug-likeness (QED) is 0.220. The van der Waals surface area contributed by atoms with Gasteiger partial charge in [-0.15, -0.1) is 0 Å². The summed E-state index contributed by atoms with van der Waals surface area (Å²) in [7, 11) is 1.21. The maximum absolute atomic E-state index is 14.3. The van der Waals surface area contributed by atoms with Crippen molar-refractivity contribution in [3.8, 4) is 0 Å². The number of ether oxygens (including phenoxy) is 3. The molecule has 42 heavy (non-hydrogen) atoms. The van der Waals surface area contributed by atoms with Crippen molar-refractivity contribution in [2.24, 2.45) is 46.3 Å². The van der Waals surface area contributed by atoms with Crippen LogP contribution >= 0.6 is 0 Å². The Balaban J connectivity index is 1.54. The Kier molecular flexibility index (Phi) is 4.65. The monoisotopic (exact) mass is 576 g/mol. The molecule has 0 amide bonds. The number of aliphatic hydroxyl groups is 2. The molecule has 9 nitrogen and oxygen atoms in total. The summed E-state index contributed by atoms with van der Waals surface area (Å²) in [4.78, 5) is 53.8. The Morgan fingerprint density at radius 1 is 1.10 bits per heavy atom.